The Morgan fingerprint density at radius 2 is 1.97 bits per heavy atom. The quantitative estimate of drug-likeness (QED) is 0.643. The minimum absolute atomic E-state index is 0.273. The first-order valence-corrected chi connectivity index (χ1v) is 12.9. The van der Waals surface area contributed by atoms with Crippen molar-refractivity contribution in [1.29, 1.82) is 0 Å². The summed E-state index contributed by atoms with van der Waals surface area (Å²) in [5, 5.41) is 4.06. The van der Waals surface area contributed by atoms with Gasteiger partial charge in [-0.05, 0) is 54.9 Å². The van der Waals surface area contributed by atoms with Crippen molar-refractivity contribution in [2.24, 2.45) is 5.92 Å². The van der Waals surface area contributed by atoms with Crippen molar-refractivity contribution in [2.75, 3.05) is 37.4 Å². The van der Waals surface area contributed by atoms with Gasteiger partial charge in [0.15, 0.2) is 5.82 Å². The summed E-state index contributed by atoms with van der Waals surface area (Å²) in [5.41, 5.74) is 2.25. The number of nitrogens with zero attached hydrogens (tertiary/aromatic N) is 4. The summed E-state index contributed by atoms with van der Waals surface area (Å²) < 4.78 is 36.5. The third-order valence-corrected chi connectivity index (χ3v) is 7.50. The van der Waals surface area contributed by atoms with E-state index in [0.717, 1.165) is 55.9 Å². The van der Waals surface area contributed by atoms with Crippen LogP contribution in [-0.4, -0.2) is 55.4 Å². The molecule has 170 valence electrons. The van der Waals surface area contributed by atoms with E-state index in [1.54, 1.807) is 0 Å². The van der Waals surface area contributed by atoms with Crippen molar-refractivity contribution in [1.82, 2.24) is 14.4 Å². The highest BCUT2D eigenvalue weighted by atomic mass is 32.2. The monoisotopic (exact) mass is 448 g/mol. The third-order valence-electron chi connectivity index (χ3n) is 6.25. The topological polar surface area (TPSA) is 88.8 Å². The standard InChI is InChI=1S/C22H32N4O4S/c1-16(2)21-23-22(30-24-21)25-10-6-17(7-11-25)9-13-29-20-5-4-19-15-26(31(3,27)28)12-8-18(19)14-20/h4-5,14,16-17H,6-13,15H2,1-3H3. The van der Waals surface area contributed by atoms with Gasteiger partial charge >= 0.3 is 6.01 Å². The molecule has 0 N–H and O–H groups in total. The molecule has 4 rings (SSSR count). The minimum Gasteiger partial charge on any atom is -0.494 e. The van der Waals surface area contributed by atoms with Crippen LogP contribution in [0, 0.1) is 5.92 Å². The number of anilines is 1. The van der Waals surface area contributed by atoms with Crippen molar-refractivity contribution in [3.8, 4) is 5.75 Å². The highest BCUT2D eigenvalue weighted by Crippen LogP contribution is 2.27. The van der Waals surface area contributed by atoms with Crippen LogP contribution in [0.3, 0.4) is 0 Å². The molecule has 8 nitrogen and oxygen atoms in total. The highest BCUT2D eigenvalue weighted by molar-refractivity contribution is 7.88. The SMILES string of the molecule is CC(C)c1noc(N2CCC(CCOc3ccc4c(c3)CCN(S(C)(=O)=O)C4)CC2)n1. The first-order chi connectivity index (χ1) is 14.8. The van der Waals surface area contributed by atoms with E-state index in [0.29, 0.717) is 31.6 Å². The first kappa shape index (κ1) is 22.1. The Labute approximate surface area is 184 Å². The zero-order valence-corrected chi connectivity index (χ0v) is 19.4. The van der Waals surface area contributed by atoms with E-state index in [2.05, 4.69) is 35.0 Å². The van der Waals surface area contributed by atoms with Gasteiger partial charge in [0.05, 0.1) is 12.9 Å². The van der Waals surface area contributed by atoms with Gasteiger partial charge in [0.1, 0.15) is 5.75 Å². The number of sulfonamides is 1. The minimum atomic E-state index is -3.14. The summed E-state index contributed by atoms with van der Waals surface area (Å²) in [6.45, 7) is 7.66. The maximum Gasteiger partial charge on any atom is 0.324 e. The van der Waals surface area contributed by atoms with Crippen molar-refractivity contribution in [3.63, 3.8) is 0 Å². The van der Waals surface area contributed by atoms with Crippen molar-refractivity contribution in [3.05, 3.63) is 35.2 Å². The van der Waals surface area contributed by atoms with Gasteiger partial charge in [0, 0.05) is 32.1 Å². The van der Waals surface area contributed by atoms with Crippen LogP contribution in [0.5, 0.6) is 5.75 Å². The molecule has 0 radical (unpaired) electrons. The maximum absolute atomic E-state index is 11.8. The molecule has 0 bridgehead atoms. The van der Waals surface area contributed by atoms with Crippen molar-refractivity contribution in [2.45, 2.75) is 52.0 Å². The van der Waals surface area contributed by atoms with Crippen molar-refractivity contribution >= 4 is 16.0 Å². The van der Waals surface area contributed by atoms with Crippen LogP contribution in [0.25, 0.3) is 0 Å². The summed E-state index contributed by atoms with van der Waals surface area (Å²) in [5.74, 6) is 2.54. The average Bonchev–Trinajstić information content (AvgIpc) is 3.24. The number of hydrogen-bond acceptors (Lipinski definition) is 7. The Hall–Kier alpha value is -2.13. The molecule has 9 heteroatoms. The summed E-state index contributed by atoms with van der Waals surface area (Å²) in [7, 11) is -3.14. The molecule has 1 aromatic heterocycles. The molecule has 0 unspecified atom stereocenters. The van der Waals surface area contributed by atoms with Crippen LogP contribution in [-0.2, 0) is 23.0 Å². The second-order valence-corrected chi connectivity index (χ2v) is 10.9. The Kier molecular flexibility index (Phi) is 6.52. The van der Waals surface area contributed by atoms with Gasteiger partial charge in [-0.25, -0.2) is 8.42 Å². The van der Waals surface area contributed by atoms with Crippen LogP contribution in [0.4, 0.5) is 6.01 Å². The maximum atomic E-state index is 11.8. The number of piperidine rings is 1. The molecule has 0 spiro atoms. The van der Waals surface area contributed by atoms with E-state index in [1.807, 2.05) is 12.1 Å². The molecule has 1 fully saturated rings. The molecule has 31 heavy (non-hydrogen) atoms. The molecular weight excluding hydrogens is 416 g/mol. The van der Waals surface area contributed by atoms with E-state index < -0.39 is 10.0 Å². The number of benzene rings is 1. The van der Waals surface area contributed by atoms with E-state index in [9.17, 15) is 8.42 Å². The number of hydrogen-bond donors (Lipinski definition) is 0. The summed E-state index contributed by atoms with van der Waals surface area (Å²) >= 11 is 0. The Morgan fingerprint density at radius 1 is 1.19 bits per heavy atom. The van der Waals surface area contributed by atoms with Crippen molar-refractivity contribution < 1.29 is 17.7 Å². The van der Waals surface area contributed by atoms with Crippen LogP contribution in [0.15, 0.2) is 22.7 Å². The van der Waals surface area contributed by atoms with Gasteiger partial charge in [0.25, 0.3) is 0 Å². The summed E-state index contributed by atoms with van der Waals surface area (Å²) in [4.78, 5) is 6.68. The second kappa shape index (κ2) is 9.16. The third kappa shape index (κ3) is 5.38. The van der Waals surface area contributed by atoms with E-state index in [4.69, 9.17) is 9.26 Å². The fourth-order valence-corrected chi connectivity index (χ4v) is 5.02. The van der Waals surface area contributed by atoms with Gasteiger partial charge in [-0.1, -0.05) is 25.1 Å². The lowest BCUT2D eigenvalue weighted by molar-refractivity contribution is 0.255. The van der Waals surface area contributed by atoms with E-state index in [1.165, 1.54) is 16.1 Å². The predicted molar refractivity (Wildman–Crippen MR) is 119 cm³/mol. The molecule has 2 aliphatic heterocycles. The average molecular weight is 449 g/mol. The van der Waals surface area contributed by atoms with Gasteiger partial charge in [-0.3, -0.25) is 0 Å². The zero-order chi connectivity index (χ0) is 22.0. The van der Waals surface area contributed by atoms with Gasteiger partial charge in [-0.2, -0.15) is 9.29 Å². The normalized spacial score (nSPS) is 18.4. The first-order valence-electron chi connectivity index (χ1n) is 11.1. The predicted octanol–water partition coefficient (Wildman–Crippen LogP) is 3.20. The lowest BCUT2D eigenvalue weighted by Crippen LogP contribution is -2.35. The van der Waals surface area contributed by atoms with Crippen LogP contribution in [0.2, 0.25) is 0 Å². The Bertz CT molecular complexity index is 997. The van der Waals surface area contributed by atoms with Gasteiger partial charge in [-0.15, -0.1) is 0 Å². The lowest BCUT2D eigenvalue weighted by Gasteiger charge is -2.30. The smallest absolute Gasteiger partial charge is 0.324 e. The summed E-state index contributed by atoms with van der Waals surface area (Å²) in [6, 6.07) is 6.66. The molecule has 2 aliphatic rings. The molecule has 1 saturated heterocycles. The fourth-order valence-electron chi connectivity index (χ4n) is 4.22. The van der Waals surface area contributed by atoms with Crippen LogP contribution < -0.4 is 9.64 Å². The van der Waals surface area contributed by atoms with E-state index >= 15 is 0 Å². The largest absolute Gasteiger partial charge is 0.494 e. The molecule has 0 aliphatic carbocycles. The van der Waals surface area contributed by atoms with Crippen LogP contribution >= 0.6 is 0 Å². The number of aromatic nitrogens is 2. The molecule has 0 atom stereocenters. The van der Waals surface area contributed by atoms with Gasteiger partial charge in [0.2, 0.25) is 10.0 Å². The number of fused-ring (bicyclic) bond motifs is 1. The molecular formula is C22H32N4O4S. The fraction of sp³-hybridized carbons (Fsp3) is 0.636. The molecule has 2 aromatic rings. The molecule has 0 amide bonds. The Balaban J connectivity index is 1.22. The molecule has 1 aromatic carbocycles. The highest BCUT2D eigenvalue weighted by Gasteiger charge is 2.25. The van der Waals surface area contributed by atoms with E-state index in [-0.39, 0.29) is 5.92 Å². The molecule has 3 heterocycles. The lowest BCUT2D eigenvalue weighted by atomic mass is 9.94. The number of rotatable bonds is 7. The number of ether oxygens (including phenoxy) is 1. The zero-order valence-electron chi connectivity index (χ0n) is 18.6. The second-order valence-electron chi connectivity index (χ2n) is 8.93. The molecule has 0 saturated carbocycles. The van der Waals surface area contributed by atoms with Crippen LogP contribution in [0.1, 0.15) is 56.0 Å². The van der Waals surface area contributed by atoms with Gasteiger partial charge < -0.3 is 14.2 Å². The Morgan fingerprint density at radius 3 is 2.65 bits per heavy atom. The summed E-state index contributed by atoms with van der Waals surface area (Å²) in [6.07, 6.45) is 5.20.